The van der Waals surface area contributed by atoms with Gasteiger partial charge in [0, 0.05) is 10.4 Å². The molecule has 0 saturated carbocycles. The lowest BCUT2D eigenvalue weighted by Gasteiger charge is -2.12. The van der Waals surface area contributed by atoms with E-state index < -0.39 is 17.4 Å². The van der Waals surface area contributed by atoms with Crippen LogP contribution in [0.2, 0.25) is 0 Å². The smallest absolute Gasteiger partial charge is 0.341 e. The van der Waals surface area contributed by atoms with E-state index in [4.69, 9.17) is 14.2 Å². The number of nitrogens with zero attached hydrogens (tertiary/aromatic N) is 2. The van der Waals surface area contributed by atoms with Gasteiger partial charge < -0.3 is 19.5 Å². The van der Waals surface area contributed by atoms with Crippen LogP contribution in [0.4, 0.5) is 5.00 Å². The number of thiazole rings is 1. The van der Waals surface area contributed by atoms with Crippen molar-refractivity contribution in [3.63, 3.8) is 0 Å². The zero-order valence-corrected chi connectivity index (χ0v) is 26.9. The van der Waals surface area contributed by atoms with Gasteiger partial charge in [-0.3, -0.25) is 14.2 Å². The number of hydrogen-bond acceptors (Lipinski definition) is 9. The molecule has 0 bridgehead atoms. The van der Waals surface area contributed by atoms with Gasteiger partial charge in [0.1, 0.15) is 27.2 Å². The molecule has 0 atom stereocenters. The molecule has 2 heterocycles. The average molecular weight is 644 g/mol. The Hall–Kier alpha value is -4.66. The van der Waals surface area contributed by atoms with Gasteiger partial charge in [-0.25, -0.2) is 4.79 Å². The van der Waals surface area contributed by atoms with Crippen molar-refractivity contribution in [2.24, 2.45) is 0 Å². The standard InChI is InChI=1S/C34H33N3O6S2/c1-4-41-25-16-10-7-13-21(25)19-28-32(39)37(24-15-9-11-17-26(24)42-5-2)33(45-28)23(20-35)30(38)36-31-29(34(40)43-6-3)22-14-8-12-18-27(22)44-31/h7,9-11,13,15-17,19H,4-6,8,12,14,18H2,1-3H3,(H,36,38). The van der Waals surface area contributed by atoms with E-state index in [9.17, 15) is 19.6 Å². The minimum Gasteiger partial charge on any atom is -0.493 e. The molecule has 0 unspecified atom stereocenters. The number of para-hydroxylation sites is 3. The topological polar surface area (TPSA) is 120 Å². The Balaban J connectivity index is 1.73. The number of anilines is 1. The fourth-order valence-corrected chi connectivity index (χ4v) is 7.61. The number of nitrogens with one attached hydrogen (secondary N) is 1. The van der Waals surface area contributed by atoms with Crippen LogP contribution in [0.3, 0.4) is 0 Å². The second-order valence-electron chi connectivity index (χ2n) is 10.0. The van der Waals surface area contributed by atoms with Gasteiger partial charge in [-0.1, -0.05) is 30.3 Å². The van der Waals surface area contributed by atoms with Gasteiger partial charge in [0.2, 0.25) is 0 Å². The lowest BCUT2D eigenvalue weighted by Crippen LogP contribution is -2.32. The number of hydrogen-bond donors (Lipinski definition) is 1. The first-order valence-corrected chi connectivity index (χ1v) is 16.5. The van der Waals surface area contributed by atoms with E-state index in [1.807, 2.05) is 44.2 Å². The zero-order valence-electron chi connectivity index (χ0n) is 25.3. The van der Waals surface area contributed by atoms with Crippen molar-refractivity contribution in [2.75, 3.05) is 25.1 Å². The molecule has 2 aromatic heterocycles. The number of rotatable bonds is 10. The van der Waals surface area contributed by atoms with Crippen molar-refractivity contribution in [3.05, 3.63) is 89.6 Å². The Morgan fingerprint density at radius 1 is 0.956 bits per heavy atom. The molecule has 11 heteroatoms. The predicted octanol–water partition coefficient (Wildman–Crippen LogP) is 4.96. The van der Waals surface area contributed by atoms with E-state index in [-0.39, 0.29) is 16.8 Å². The minimum absolute atomic E-state index is 0.131. The van der Waals surface area contributed by atoms with E-state index in [1.165, 1.54) is 15.9 Å². The van der Waals surface area contributed by atoms with Crippen molar-refractivity contribution in [2.45, 2.75) is 46.5 Å². The third-order valence-corrected chi connectivity index (χ3v) is 9.47. The van der Waals surface area contributed by atoms with Gasteiger partial charge >= 0.3 is 5.97 Å². The summed E-state index contributed by atoms with van der Waals surface area (Å²) in [4.78, 5) is 42.1. The Labute approximate surface area is 268 Å². The minimum atomic E-state index is -0.730. The number of carbonyl (C=O) groups excluding carboxylic acids is 2. The van der Waals surface area contributed by atoms with Gasteiger partial charge in [0.25, 0.3) is 11.5 Å². The lowest BCUT2D eigenvalue weighted by atomic mass is 9.95. The van der Waals surface area contributed by atoms with E-state index >= 15 is 0 Å². The summed E-state index contributed by atoms with van der Waals surface area (Å²) in [5.41, 5.74) is 1.61. The maximum absolute atomic E-state index is 14.1. The maximum Gasteiger partial charge on any atom is 0.341 e. The zero-order chi connectivity index (χ0) is 31.9. The molecule has 1 aliphatic rings. The van der Waals surface area contributed by atoms with Gasteiger partial charge in [-0.05, 0) is 76.3 Å². The number of carbonyl (C=O) groups is 2. The SMILES string of the molecule is CCOC(=O)c1c(NC(=O)C(C#N)=c2sc(=Cc3ccccc3OCC)c(=O)n2-c2ccccc2OCC)sc2c1CCCC2. The molecule has 232 valence electrons. The van der Waals surface area contributed by atoms with Crippen LogP contribution in [0, 0.1) is 11.3 Å². The van der Waals surface area contributed by atoms with Crippen LogP contribution >= 0.6 is 22.7 Å². The number of thiophene rings is 1. The maximum atomic E-state index is 14.1. The monoisotopic (exact) mass is 643 g/mol. The Kier molecular flexibility index (Phi) is 10.2. The van der Waals surface area contributed by atoms with Gasteiger partial charge in [-0.2, -0.15) is 5.26 Å². The molecule has 9 nitrogen and oxygen atoms in total. The third-order valence-electron chi connectivity index (χ3n) is 7.17. The summed E-state index contributed by atoms with van der Waals surface area (Å²) < 4.78 is 18.7. The number of amides is 1. The Bertz CT molecular complexity index is 1960. The van der Waals surface area contributed by atoms with E-state index in [0.717, 1.165) is 41.0 Å². The summed E-state index contributed by atoms with van der Waals surface area (Å²) in [5, 5.41) is 13.6. The van der Waals surface area contributed by atoms with Crippen molar-refractivity contribution < 1.29 is 23.8 Å². The van der Waals surface area contributed by atoms with Gasteiger partial charge in [0.15, 0.2) is 5.57 Å². The summed E-state index contributed by atoms with van der Waals surface area (Å²) in [7, 11) is 0. The van der Waals surface area contributed by atoms with Crippen molar-refractivity contribution in [1.29, 1.82) is 5.26 Å². The highest BCUT2D eigenvalue weighted by molar-refractivity contribution is 7.17. The number of nitriles is 1. The third kappa shape index (κ3) is 6.57. The number of ether oxygens (including phenoxy) is 3. The van der Waals surface area contributed by atoms with Crippen molar-refractivity contribution in [1.82, 2.24) is 4.57 Å². The molecule has 1 aliphatic carbocycles. The molecule has 1 amide bonds. The van der Waals surface area contributed by atoms with E-state index in [0.29, 0.717) is 57.5 Å². The molecule has 0 saturated heterocycles. The number of benzene rings is 2. The molecule has 0 radical (unpaired) electrons. The molecule has 0 fully saturated rings. The van der Waals surface area contributed by atoms with Crippen LogP contribution < -0.4 is 29.5 Å². The number of aryl methyl sites for hydroxylation is 1. The quantitative estimate of drug-likeness (QED) is 0.243. The molecule has 1 N–H and O–H groups in total. The van der Waals surface area contributed by atoms with E-state index in [1.54, 1.807) is 37.3 Å². The second kappa shape index (κ2) is 14.4. The normalized spacial score (nSPS) is 13.4. The first kappa shape index (κ1) is 31.8. The van der Waals surface area contributed by atoms with Crippen LogP contribution in [0.25, 0.3) is 17.3 Å². The van der Waals surface area contributed by atoms with Crippen molar-refractivity contribution >= 4 is 51.2 Å². The summed E-state index contributed by atoms with van der Waals surface area (Å²) in [5.74, 6) is -0.206. The fraction of sp³-hybridized carbons (Fsp3) is 0.294. The van der Waals surface area contributed by atoms with Crippen LogP contribution in [-0.2, 0) is 22.4 Å². The van der Waals surface area contributed by atoms with Crippen LogP contribution in [-0.4, -0.2) is 36.3 Å². The van der Waals surface area contributed by atoms with Gasteiger partial charge in [0.05, 0.1) is 35.6 Å². The highest BCUT2D eigenvalue weighted by Crippen LogP contribution is 2.39. The highest BCUT2D eigenvalue weighted by Gasteiger charge is 2.28. The molecule has 2 aromatic carbocycles. The first-order valence-electron chi connectivity index (χ1n) is 14.9. The summed E-state index contributed by atoms with van der Waals surface area (Å²) in [6, 6.07) is 16.4. The Morgan fingerprint density at radius 3 is 2.38 bits per heavy atom. The summed E-state index contributed by atoms with van der Waals surface area (Å²) >= 11 is 2.35. The lowest BCUT2D eigenvalue weighted by molar-refractivity contribution is -0.111. The highest BCUT2D eigenvalue weighted by atomic mass is 32.1. The number of esters is 1. The van der Waals surface area contributed by atoms with E-state index in [2.05, 4.69) is 5.32 Å². The number of aromatic nitrogens is 1. The van der Waals surface area contributed by atoms with Crippen LogP contribution in [0.15, 0.2) is 53.3 Å². The molecular formula is C34H33N3O6S2. The van der Waals surface area contributed by atoms with Crippen molar-refractivity contribution in [3.8, 4) is 23.3 Å². The largest absolute Gasteiger partial charge is 0.493 e. The van der Waals surface area contributed by atoms with Crippen LogP contribution in [0.1, 0.15) is 60.0 Å². The molecule has 4 aromatic rings. The van der Waals surface area contributed by atoms with Crippen LogP contribution in [0.5, 0.6) is 11.5 Å². The summed E-state index contributed by atoms with van der Waals surface area (Å²) in [6.45, 7) is 6.43. The predicted molar refractivity (Wildman–Crippen MR) is 176 cm³/mol. The second-order valence-corrected chi connectivity index (χ2v) is 12.1. The fourth-order valence-electron chi connectivity index (χ4n) is 5.25. The Morgan fingerprint density at radius 2 is 1.64 bits per heavy atom. The molecule has 0 spiro atoms. The first-order chi connectivity index (χ1) is 21.9. The van der Waals surface area contributed by atoms with Gasteiger partial charge in [-0.15, -0.1) is 22.7 Å². The number of fused-ring (bicyclic) bond motifs is 1. The molecule has 45 heavy (non-hydrogen) atoms. The average Bonchev–Trinajstić information content (AvgIpc) is 3.56. The molecular weight excluding hydrogens is 611 g/mol. The molecule has 0 aliphatic heterocycles. The molecule has 5 rings (SSSR count). The summed E-state index contributed by atoms with van der Waals surface area (Å²) in [6.07, 6.45) is 5.14.